The molecule has 1 aliphatic carbocycles. The Morgan fingerprint density at radius 2 is 1.86 bits per heavy atom. The highest BCUT2D eigenvalue weighted by atomic mass is 35.5. The lowest BCUT2D eigenvalue weighted by Crippen LogP contribution is -2.39. The third kappa shape index (κ3) is 5.40. The number of sulfonamides is 1. The minimum atomic E-state index is -4.48. The Kier molecular flexibility index (Phi) is 7.02. The van der Waals surface area contributed by atoms with Crippen molar-refractivity contribution in [2.75, 3.05) is 6.54 Å². The number of amides is 2. The Hall–Kier alpha value is -2.41. The van der Waals surface area contributed by atoms with Crippen molar-refractivity contribution in [2.45, 2.75) is 29.3 Å². The van der Waals surface area contributed by atoms with Crippen molar-refractivity contribution < 1.29 is 30.8 Å². The smallest absolute Gasteiger partial charge is 0.331 e. The lowest BCUT2D eigenvalue weighted by molar-refractivity contribution is -0.137. The molecule has 6 nitrogen and oxygen atoms in total. The quantitative estimate of drug-likeness (QED) is 0.421. The van der Waals surface area contributed by atoms with Crippen molar-refractivity contribution in [3.63, 3.8) is 0 Å². The first-order valence-corrected chi connectivity index (χ1v) is 13.0. The van der Waals surface area contributed by atoms with Gasteiger partial charge in [0.15, 0.2) is 0 Å². The monoisotopic (exact) mass is 567 g/mol. The first-order chi connectivity index (χ1) is 16.4. The summed E-state index contributed by atoms with van der Waals surface area (Å²) in [5.41, 5.74) is 1.25. The van der Waals surface area contributed by atoms with E-state index < -0.39 is 46.2 Å². The van der Waals surface area contributed by atoms with Crippen LogP contribution in [0.2, 0.25) is 9.36 Å². The van der Waals surface area contributed by atoms with E-state index in [1.807, 2.05) is 0 Å². The highest BCUT2D eigenvalue weighted by Crippen LogP contribution is 2.46. The number of nitrogens with one attached hydrogen (secondary N) is 2. The summed E-state index contributed by atoms with van der Waals surface area (Å²) in [6.45, 7) is -0.598. The van der Waals surface area contributed by atoms with Crippen molar-refractivity contribution in [2.24, 2.45) is 4.99 Å². The zero-order valence-corrected chi connectivity index (χ0v) is 20.6. The molecular weight excluding hydrogens is 553 g/mol. The lowest BCUT2D eigenvalue weighted by Gasteiger charge is -2.16. The standard InChI is InChI=1S/C21H15Cl2F4N3O3S2/c22-14-7-16(34-19(14)23)35(32,33)30-20(31)29-9-15(24)13-6-3-11-8-28-18(17(11)13)10-1-4-12(5-2-10)21(25,26)27/h1-2,4-5,7-8,18H,3,6,9H2,(H2,29,30,31)/b15-13-. The molecule has 1 aromatic heterocycles. The number of hydrogen-bond acceptors (Lipinski definition) is 5. The van der Waals surface area contributed by atoms with Gasteiger partial charge in [0.25, 0.3) is 10.0 Å². The molecule has 2 amide bonds. The van der Waals surface area contributed by atoms with Gasteiger partial charge in [-0.1, -0.05) is 35.3 Å². The van der Waals surface area contributed by atoms with Gasteiger partial charge in [0.05, 0.1) is 17.1 Å². The molecule has 1 aliphatic heterocycles. The normalized spacial score (nSPS) is 19.2. The number of hydrogen-bond donors (Lipinski definition) is 2. The molecular formula is C21H15Cl2F4N3O3S2. The van der Waals surface area contributed by atoms with E-state index in [1.165, 1.54) is 12.1 Å². The number of urea groups is 1. The zero-order chi connectivity index (χ0) is 25.5. The Bertz CT molecular complexity index is 1360. The molecule has 2 aliphatic rings. The van der Waals surface area contributed by atoms with E-state index in [0.717, 1.165) is 23.8 Å². The second-order valence-electron chi connectivity index (χ2n) is 7.60. The van der Waals surface area contributed by atoms with E-state index in [2.05, 4.69) is 10.3 Å². The Labute approximate surface area is 211 Å². The van der Waals surface area contributed by atoms with Gasteiger partial charge in [-0.25, -0.2) is 22.3 Å². The number of halogens is 6. The van der Waals surface area contributed by atoms with Crippen molar-refractivity contribution in [3.05, 3.63) is 73.4 Å². The van der Waals surface area contributed by atoms with Crippen molar-refractivity contribution in [1.29, 1.82) is 0 Å². The van der Waals surface area contributed by atoms with Gasteiger partial charge in [0.1, 0.15) is 20.4 Å². The molecule has 1 aromatic carbocycles. The van der Waals surface area contributed by atoms with E-state index in [1.54, 1.807) is 10.9 Å². The van der Waals surface area contributed by atoms with Crippen LogP contribution < -0.4 is 10.0 Å². The van der Waals surface area contributed by atoms with Gasteiger partial charge in [-0.2, -0.15) is 13.2 Å². The maximum Gasteiger partial charge on any atom is 0.416 e. The number of aliphatic imine (C=N–C) groups is 1. The largest absolute Gasteiger partial charge is 0.416 e. The van der Waals surface area contributed by atoms with Crippen LogP contribution in [-0.2, 0) is 16.2 Å². The number of nitrogens with zero attached hydrogens (tertiary/aromatic N) is 1. The first kappa shape index (κ1) is 25.7. The molecule has 14 heteroatoms. The van der Waals surface area contributed by atoms with Crippen LogP contribution in [0.1, 0.15) is 30.0 Å². The number of carbonyl (C=O) groups excluding carboxylic acids is 1. The molecule has 0 bridgehead atoms. The van der Waals surface area contributed by atoms with Gasteiger partial charge >= 0.3 is 12.2 Å². The van der Waals surface area contributed by atoms with Crippen LogP contribution >= 0.6 is 34.5 Å². The maximum atomic E-state index is 15.0. The predicted octanol–water partition coefficient (Wildman–Crippen LogP) is 6.20. The molecule has 2 heterocycles. The number of rotatable bonds is 5. The number of alkyl halides is 3. The molecule has 0 radical (unpaired) electrons. The summed E-state index contributed by atoms with van der Waals surface area (Å²) < 4.78 is 79.7. The Balaban J connectivity index is 1.45. The van der Waals surface area contributed by atoms with Crippen LogP contribution in [0.3, 0.4) is 0 Å². The van der Waals surface area contributed by atoms with Crippen LogP contribution in [0.5, 0.6) is 0 Å². The van der Waals surface area contributed by atoms with Crippen LogP contribution in [0.25, 0.3) is 0 Å². The molecule has 0 fully saturated rings. The fourth-order valence-corrected chi connectivity index (χ4v) is 6.57. The molecule has 186 valence electrons. The fraction of sp³-hybridized carbons (Fsp3) is 0.238. The van der Waals surface area contributed by atoms with E-state index >= 15 is 4.39 Å². The summed E-state index contributed by atoms with van der Waals surface area (Å²) in [5.74, 6) is -0.702. The molecule has 2 aromatic rings. The van der Waals surface area contributed by atoms with Crippen LogP contribution in [-0.4, -0.2) is 27.2 Å². The van der Waals surface area contributed by atoms with Gasteiger partial charge in [0.2, 0.25) is 0 Å². The van der Waals surface area contributed by atoms with Crippen molar-refractivity contribution >= 4 is 56.8 Å². The van der Waals surface area contributed by atoms with E-state index in [4.69, 9.17) is 23.2 Å². The van der Waals surface area contributed by atoms with Crippen LogP contribution in [0, 0.1) is 0 Å². The van der Waals surface area contributed by atoms with Crippen LogP contribution in [0.15, 0.2) is 62.1 Å². The van der Waals surface area contributed by atoms with Gasteiger partial charge in [0, 0.05) is 6.21 Å². The number of carbonyl (C=O) groups is 1. The molecule has 1 unspecified atom stereocenters. The SMILES string of the molecule is O=C(NC/C(F)=C1\CCC2=C1C(c1ccc(C(F)(F)F)cc1)N=C2)NS(=O)(=O)c1cc(Cl)c(Cl)s1. The third-order valence-corrected chi connectivity index (χ3v) is 9.04. The van der Waals surface area contributed by atoms with Crippen molar-refractivity contribution in [3.8, 4) is 0 Å². The summed E-state index contributed by atoms with van der Waals surface area (Å²) in [5, 5.41) is 2.17. The second-order valence-corrected chi connectivity index (χ2v) is 11.6. The lowest BCUT2D eigenvalue weighted by atomic mass is 9.94. The fourth-order valence-electron chi connectivity index (χ4n) is 3.76. The molecule has 4 rings (SSSR count). The molecule has 35 heavy (non-hydrogen) atoms. The summed E-state index contributed by atoms with van der Waals surface area (Å²) >= 11 is 12.1. The van der Waals surface area contributed by atoms with E-state index in [-0.39, 0.29) is 19.1 Å². The van der Waals surface area contributed by atoms with Gasteiger partial charge in [-0.3, -0.25) is 4.99 Å². The molecule has 0 saturated carbocycles. The summed E-state index contributed by atoms with van der Waals surface area (Å²) in [6, 6.07) is 3.74. The van der Waals surface area contributed by atoms with Crippen molar-refractivity contribution in [1.82, 2.24) is 10.0 Å². The Morgan fingerprint density at radius 3 is 2.46 bits per heavy atom. The number of thiophene rings is 1. The number of benzene rings is 1. The first-order valence-electron chi connectivity index (χ1n) is 9.93. The summed E-state index contributed by atoms with van der Waals surface area (Å²) in [4.78, 5) is 16.4. The average Bonchev–Trinajstić information content (AvgIpc) is 3.47. The minimum absolute atomic E-state index is 0.0138. The van der Waals surface area contributed by atoms with E-state index in [9.17, 15) is 26.4 Å². The Morgan fingerprint density at radius 1 is 1.17 bits per heavy atom. The van der Waals surface area contributed by atoms with E-state index in [0.29, 0.717) is 35.3 Å². The minimum Gasteiger partial charge on any atom is -0.331 e. The third-order valence-electron chi connectivity index (χ3n) is 5.37. The molecule has 0 saturated heterocycles. The van der Waals surface area contributed by atoms with Crippen LogP contribution in [0.4, 0.5) is 22.4 Å². The second kappa shape index (κ2) is 9.57. The molecule has 1 atom stereocenters. The summed E-state index contributed by atoms with van der Waals surface area (Å²) in [7, 11) is -4.26. The van der Waals surface area contributed by atoms with Gasteiger partial charge in [-0.05, 0) is 53.3 Å². The maximum absolute atomic E-state index is 15.0. The molecule has 0 spiro atoms. The summed E-state index contributed by atoms with van der Waals surface area (Å²) in [6.07, 6.45) is -2.11. The zero-order valence-electron chi connectivity index (χ0n) is 17.4. The predicted molar refractivity (Wildman–Crippen MR) is 125 cm³/mol. The van der Waals surface area contributed by atoms with Gasteiger partial charge in [-0.15, -0.1) is 11.3 Å². The highest BCUT2D eigenvalue weighted by Gasteiger charge is 2.34. The number of allylic oxidation sites excluding steroid dienone is 1. The molecule has 2 N–H and O–H groups in total. The van der Waals surface area contributed by atoms with Gasteiger partial charge < -0.3 is 5.32 Å². The highest BCUT2D eigenvalue weighted by molar-refractivity contribution is 7.92. The average molecular weight is 568 g/mol. The topological polar surface area (TPSA) is 87.6 Å².